The van der Waals surface area contributed by atoms with Gasteiger partial charge < -0.3 is 19.7 Å². The Morgan fingerprint density at radius 2 is 1.88 bits per heavy atom. The highest BCUT2D eigenvalue weighted by Crippen LogP contribution is 2.28. The molecule has 0 bridgehead atoms. The Labute approximate surface area is 198 Å². The summed E-state index contributed by atoms with van der Waals surface area (Å²) < 4.78 is 37.9. The van der Waals surface area contributed by atoms with Gasteiger partial charge in [0.05, 0.1) is 37.0 Å². The third kappa shape index (κ3) is 6.02. The van der Waals surface area contributed by atoms with Crippen LogP contribution in [0.4, 0.5) is 5.69 Å². The normalized spacial score (nSPS) is 14.5. The quantitative estimate of drug-likeness (QED) is 0.603. The van der Waals surface area contributed by atoms with Crippen LogP contribution in [-0.4, -0.2) is 75.9 Å². The number of carbonyl (C=O) groups is 2. The Kier molecular flexibility index (Phi) is 8.30. The summed E-state index contributed by atoms with van der Waals surface area (Å²) in [6.45, 7) is 3.04. The zero-order valence-electron chi connectivity index (χ0n) is 18.4. The van der Waals surface area contributed by atoms with E-state index in [9.17, 15) is 18.0 Å². The van der Waals surface area contributed by atoms with Gasteiger partial charge in [-0.15, -0.1) is 0 Å². The molecule has 33 heavy (non-hydrogen) atoms. The van der Waals surface area contributed by atoms with Crippen molar-refractivity contribution in [2.45, 2.75) is 11.8 Å². The molecular weight excluding hydrogens is 470 g/mol. The third-order valence-electron chi connectivity index (χ3n) is 4.95. The molecule has 9 nitrogen and oxygen atoms in total. The molecule has 1 N–H and O–H groups in total. The lowest BCUT2D eigenvalue weighted by molar-refractivity contribution is -0.116. The molecule has 3 rings (SSSR count). The Balaban J connectivity index is 1.71. The van der Waals surface area contributed by atoms with Gasteiger partial charge in [0.25, 0.3) is 5.91 Å². The van der Waals surface area contributed by atoms with Crippen LogP contribution < -0.4 is 10.1 Å². The van der Waals surface area contributed by atoms with Gasteiger partial charge in [-0.25, -0.2) is 8.42 Å². The zero-order chi connectivity index (χ0) is 24.0. The summed E-state index contributed by atoms with van der Waals surface area (Å²) in [5.41, 5.74) is 0.604. The molecule has 0 unspecified atom stereocenters. The van der Waals surface area contributed by atoms with Gasteiger partial charge in [0.15, 0.2) is 0 Å². The minimum atomic E-state index is -3.84. The average Bonchev–Trinajstić information content (AvgIpc) is 2.81. The molecule has 2 amide bonds. The maximum atomic E-state index is 13.0. The second-order valence-electron chi connectivity index (χ2n) is 7.30. The van der Waals surface area contributed by atoms with Crippen LogP contribution in [0.5, 0.6) is 5.75 Å². The van der Waals surface area contributed by atoms with Crippen molar-refractivity contribution >= 4 is 39.1 Å². The molecule has 0 aromatic heterocycles. The van der Waals surface area contributed by atoms with Crippen molar-refractivity contribution in [1.82, 2.24) is 9.21 Å². The number of para-hydroxylation sites is 1. The van der Waals surface area contributed by atoms with E-state index in [0.717, 1.165) is 0 Å². The lowest BCUT2D eigenvalue weighted by atomic mass is 10.1. The van der Waals surface area contributed by atoms with Crippen LogP contribution in [-0.2, 0) is 19.6 Å². The largest absolute Gasteiger partial charge is 0.493 e. The van der Waals surface area contributed by atoms with Crippen molar-refractivity contribution in [2.24, 2.45) is 0 Å². The van der Waals surface area contributed by atoms with Gasteiger partial charge in [-0.2, -0.15) is 4.31 Å². The van der Waals surface area contributed by atoms with E-state index in [1.165, 1.54) is 34.5 Å². The predicted molar refractivity (Wildman–Crippen MR) is 124 cm³/mol. The first-order chi connectivity index (χ1) is 15.7. The number of rotatable bonds is 8. The zero-order valence-corrected chi connectivity index (χ0v) is 20.0. The van der Waals surface area contributed by atoms with Gasteiger partial charge in [-0.05, 0) is 37.3 Å². The Morgan fingerprint density at radius 1 is 1.18 bits per heavy atom. The Hall–Kier alpha value is -2.66. The number of hydrogen-bond acceptors (Lipinski definition) is 6. The number of amides is 2. The maximum Gasteiger partial charge on any atom is 0.257 e. The van der Waals surface area contributed by atoms with E-state index in [4.69, 9.17) is 21.1 Å². The van der Waals surface area contributed by atoms with Crippen LogP contribution in [0, 0.1) is 0 Å². The smallest absolute Gasteiger partial charge is 0.257 e. The molecule has 1 saturated heterocycles. The fourth-order valence-corrected chi connectivity index (χ4v) is 5.23. The summed E-state index contributed by atoms with van der Waals surface area (Å²) in [6, 6.07) is 11.0. The first-order valence-corrected chi connectivity index (χ1v) is 12.2. The van der Waals surface area contributed by atoms with Gasteiger partial charge in [0.1, 0.15) is 10.6 Å². The van der Waals surface area contributed by atoms with Crippen LogP contribution in [0.15, 0.2) is 47.4 Å². The monoisotopic (exact) mass is 495 g/mol. The SMILES string of the molecule is CCOc1ccccc1C(=O)N(C)CC(=O)Nc1ccc(Cl)c(S(=O)(=O)N2CCOCC2)c1. The number of nitrogens with zero attached hydrogens (tertiary/aromatic N) is 2. The van der Waals surface area contributed by atoms with E-state index in [0.29, 0.717) is 31.1 Å². The van der Waals surface area contributed by atoms with E-state index in [2.05, 4.69) is 5.32 Å². The van der Waals surface area contributed by atoms with Crippen LogP contribution in [0.2, 0.25) is 5.02 Å². The number of anilines is 1. The highest BCUT2D eigenvalue weighted by molar-refractivity contribution is 7.89. The van der Waals surface area contributed by atoms with E-state index >= 15 is 0 Å². The Bertz CT molecular complexity index is 1120. The first-order valence-electron chi connectivity index (χ1n) is 10.4. The van der Waals surface area contributed by atoms with E-state index in [1.807, 2.05) is 6.92 Å². The molecule has 0 atom stereocenters. The minimum absolute atomic E-state index is 0.0549. The number of likely N-dealkylation sites (N-methyl/N-ethyl adjacent to an activating group) is 1. The van der Waals surface area contributed by atoms with Gasteiger partial charge in [-0.1, -0.05) is 23.7 Å². The summed E-state index contributed by atoms with van der Waals surface area (Å²) in [5.74, 6) is -0.425. The topological polar surface area (TPSA) is 105 Å². The minimum Gasteiger partial charge on any atom is -0.493 e. The van der Waals surface area contributed by atoms with Gasteiger partial charge in [0.2, 0.25) is 15.9 Å². The van der Waals surface area contributed by atoms with Crippen molar-refractivity contribution in [2.75, 3.05) is 51.8 Å². The summed E-state index contributed by atoms with van der Waals surface area (Å²) >= 11 is 6.16. The molecule has 1 aliphatic heterocycles. The van der Waals surface area contributed by atoms with Crippen LogP contribution in [0.25, 0.3) is 0 Å². The highest BCUT2D eigenvalue weighted by Gasteiger charge is 2.29. The Morgan fingerprint density at radius 3 is 2.58 bits per heavy atom. The number of ether oxygens (including phenoxy) is 2. The van der Waals surface area contributed by atoms with E-state index < -0.39 is 15.9 Å². The second-order valence-corrected chi connectivity index (χ2v) is 9.61. The van der Waals surface area contributed by atoms with Gasteiger partial charge >= 0.3 is 0 Å². The lowest BCUT2D eigenvalue weighted by Crippen LogP contribution is -2.40. The third-order valence-corrected chi connectivity index (χ3v) is 7.33. The first kappa shape index (κ1) is 25.0. The van der Waals surface area contributed by atoms with Crippen LogP contribution in [0.1, 0.15) is 17.3 Å². The number of carbonyl (C=O) groups excluding carboxylic acids is 2. The number of hydrogen-bond donors (Lipinski definition) is 1. The molecule has 1 aliphatic rings. The molecular formula is C22H26ClN3O6S. The molecule has 0 saturated carbocycles. The number of halogens is 1. The molecule has 1 fully saturated rings. The summed E-state index contributed by atoms with van der Waals surface area (Å²) in [7, 11) is -2.34. The van der Waals surface area contributed by atoms with Crippen molar-refractivity contribution in [1.29, 1.82) is 0 Å². The standard InChI is InChI=1S/C22H26ClN3O6S/c1-3-32-19-7-5-4-6-17(19)22(28)25(2)15-21(27)24-16-8-9-18(23)20(14-16)33(29,30)26-10-12-31-13-11-26/h4-9,14H,3,10-13,15H2,1-2H3,(H,24,27). The molecule has 2 aromatic carbocycles. The molecule has 2 aromatic rings. The molecule has 0 radical (unpaired) electrons. The molecule has 0 aliphatic carbocycles. The van der Waals surface area contributed by atoms with Crippen molar-refractivity contribution < 1.29 is 27.5 Å². The van der Waals surface area contributed by atoms with E-state index in [1.54, 1.807) is 24.3 Å². The predicted octanol–water partition coefficient (Wildman–Crippen LogP) is 2.47. The van der Waals surface area contributed by atoms with Gasteiger partial charge in [0, 0.05) is 25.8 Å². The van der Waals surface area contributed by atoms with Crippen molar-refractivity contribution in [3.05, 3.63) is 53.1 Å². The number of sulfonamides is 1. The highest BCUT2D eigenvalue weighted by atomic mass is 35.5. The number of nitrogens with one attached hydrogen (secondary N) is 1. The number of morpholine rings is 1. The van der Waals surface area contributed by atoms with Crippen LogP contribution in [0.3, 0.4) is 0 Å². The fraction of sp³-hybridized carbons (Fsp3) is 0.364. The molecule has 0 spiro atoms. The van der Waals surface area contributed by atoms with E-state index in [-0.39, 0.29) is 41.1 Å². The second kappa shape index (κ2) is 11.0. The molecule has 178 valence electrons. The summed E-state index contributed by atoms with van der Waals surface area (Å²) in [5, 5.41) is 2.69. The lowest BCUT2D eigenvalue weighted by Gasteiger charge is -2.26. The summed E-state index contributed by atoms with van der Waals surface area (Å²) in [6.07, 6.45) is 0. The number of benzene rings is 2. The molecule has 11 heteroatoms. The summed E-state index contributed by atoms with van der Waals surface area (Å²) in [4.78, 5) is 26.5. The van der Waals surface area contributed by atoms with Crippen molar-refractivity contribution in [3.63, 3.8) is 0 Å². The van der Waals surface area contributed by atoms with Crippen molar-refractivity contribution in [3.8, 4) is 5.75 Å². The maximum absolute atomic E-state index is 13.0. The average molecular weight is 496 g/mol. The molecule has 1 heterocycles. The van der Waals surface area contributed by atoms with Crippen LogP contribution >= 0.6 is 11.6 Å². The van der Waals surface area contributed by atoms with Gasteiger partial charge in [-0.3, -0.25) is 9.59 Å². The fourth-order valence-electron chi connectivity index (χ4n) is 3.32.